The molecule has 0 aliphatic heterocycles. The fraction of sp³-hybridized carbons (Fsp3) is 0.643. The number of hydrogen-bond donors (Lipinski definition) is 1. The second-order valence-electron chi connectivity index (χ2n) is 6.02. The van der Waals surface area contributed by atoms with E-state index in [2.05, 4.69) is 30.7 Å². The van der Waals surface area contributed by atoms with Crippen molar-refractivity contribution in [3.8, 4) is 0 Å². The predicted molar refractivity (Wildman–Crippen MR) is 70.7 cm³/mol. The van der Waals surface area contributed by atoms with E-state index >= 15 is 0 Å². The SMILES string of the molecule is Cc1nc(CC(C)(C)C)nc(C)c1C(C)C(=O)O. The molecule has 1 aromatic rings. The maximum atomic E-state index is 11.1. The van der Waals surface area contributed by atoms with Gasteiger partial charge in [0.1, 0.15) is 5.82 Å². The van der Waals surface area contributed by atoms with Gasteiger partial charge in [-0.05, 0) is 26.2 Å². The van der Waals surface area contributed by atoms with Gasteiger partial charge in [0.2, 0.25) is 0 Å². The van der Waals surface area contributed by atoms with Crippen LogP contribution in [-0.4, -0.2) is 21.0 Å². The molecule has 1 N–H and O–H groups in total. The number of carboxylic acid groups (broad SMARTS) is 1. The predicted octanol–water partition coefficient (Wildman–Crippen LogP) is 2.87. The summed E-state index contributed by atoms with van der Waals surface area (Å²) >= 11 is 0. The van der Waals surface area contributed by atoms with Crippen molar-refractivity contribution >= 4 is 5.97 Å². The fourth-order valence-corrected chi connectivity index (χ4v) is 2.10. The normalized spacial score (nSPS) is 13.4. The maximum absolute atomic E-state index is 11.1. The molecule has 0 saturated carbocycles. The Balaban J connectivity index is 3.17. The maximum Gasteiger partial charge on any atom is 0.310 e. The van der Waals surface area contributed by atoms with Crippen LogP contribution >= 0.6 is 0 Å². The Morgan fingerprint density at radius 3 is 2.00 bits per heavy atom. The molecule has 0 spiro atoms. The highest BCUT2D eigenvalue weighted by Gasteiger charge is 2.22. The Morgan fingerprint density at radius 1 is 1.22 bits per heavy atom. The summed E-state index contributed by atoms with van der Waals surface area (Å²) in [6.45, 7) is 11.8. The van der Waals surface area contributed by atoms with Gasteiger partial charge in [0.15, 0.2) is 0 Å². The second kappa shape index (κ2) is 5.04. The lowest BCUT2D eigenvalue weighted by Gasteiger charge is -2.19. The molecule has 4 heteroatoms. The van der Waals surface area contributed by atoms with E-state index in [9.17, 15) is 4.79 Å². The Hall–Kier alpha value is -1.45. The summed E-state index contributed by atoms with van der Waals surface area (Å²) in [5.41, 5.74) is 2.41. The highest BCUT2D eigenvalue weighted by Crippen LogP contribution is 2.24. The largest absolute Gasteiger partial charge is 0.481 e. The zero-order valence-corrected chi connectivity index (χ0v) is 12.0. The molecule has 1 heterocycles. The van der Waals surface area contributed by atoms with E-state index in [-0.39, 0.29) is 5.41 Å². The highest BCUT2D eigenvalue weighted by molar-refractivity contribution is 5.76. The molecule has 100 valence electrons. The quantitative estimate of drug-likeness (QED) is 0.896. The minimum absolute atomic E-state index is 0.124. The highest BCUT2D eigenvalue weighted by atomic mass is 16.4. The van der Waals surface area contributed by atoms with Crippen molar-refractivity contribution in [2.45, 2.75) is 53.9 Å². The fourth-order valence-electron chi connectivity index (χ4n) is 2.10. The topological polar surface area (TPSA) is 63.1 Å². The zero-order valence-electron chi connectivity index (χ0n) is 12.0. The first-order valence-electron chi connectivity index (χ1n) is 6.18. The summed E-state index contributed by atoms with van der Waals surface area (Å²) in [6, 6.07) is 0. The average Bonchev–Trinajstić information content (AvgIpc) is 2.12. The van der Waals surface area contributed by atoms with Crippen LogP contribution in [0.2, 0.25) is 0 Å². The van der Waals surface area contributed by atoms with Crippen LogP contribution in [0.3, 0.4) is 0 Å². The molecule has 1 unspecified atom stereocenters. The molecule has 0 bridgehead atoms. The van der Waals surface area contributed by atoms with Crippen LogP contribution in [0, 0.1) is 19.3 Å². The molecule has 18 heavy (non-hydrogen) atoms. The van der Waals surface area contributed by atoms with Crippen LogP contribution in [0.1, 0.15) is 56.4 Å². The van der Waals surface area contributed by atoms with E-state index in [1.54, 1.807) is 6.92 Å². The van der Waals surface area contributed by atoms with E-state index < -0.39 is 11.9 Å². The van der Waals surface area contributed by atoms with Crippen molar-refractivity contribution in [1.82, 2.24) is 9.97 Å². The van der Waals surface area contributed by atoms with Gasteiger partial charge in [0, 0.05) is 23.4 Å². The lowest BCUT2D eigenvalue weighted by Crippen LogP contribution is -2.17. The van der Waals surface area contributed by atoms with Crippen LogP contribution in [0.25, 0.3) is 0 Å². The molecular weight excluding hydrogens is 228 g/mol. The molecule has 1 rings (SSSR count). The first kappa shape index (κ1) is 14.6. The molecule has 0 fully saturated rings. The summed E-state index contributed by atoms with van der Waals surface area (Å²) in [4.78, 5) is 20.0. The number of nitrogens with zero attached hydrogens (tertiary/aromatic N) is 2. The number of aromatic nitrogens is 2. The van der Waals surface area contributed by atoms with E-state index in [0.29, 0.717) is 0 Å². The third-order valence-electron chi connectivity index (χ3n) is 2.86. The lowest BCUT2D eigenvalue weighted by molar-refractivity contribution is -0.138. The molecular formula is C14H22N2O2. The third-order valence-corrected chi connectivity index (χ3v) is 2.86. The molecule has 0 amide bonds. The smallest absolute Gasteiger partial charge is 0.310 e. The first-order chi connectivity index (χ1) is 8.11. The molecule has 4 nitrogen and oxygen atoms in total. The van der Waals surface area contributed by atoms with Gasteiger partial charge >= 0.3 is 5.97 Å². The van der Waals surface area contributed by atoms with E-state index in [4.69, 9.17) is 5.11 Å². The van der Waals surface area contributed by atoms with E-state index in [1.807, 2.05) is 13.8 Å². The Bertz CT molecular complexity index is 438. The second-order valence-corrected chi connectivity index (χ2v) is 6.02. The number of aryl methyl sites for hydroxylation is 2. The summed E-state index contributed by atoms with van der Waals surface area (Å²) < 4.78 is 0. The van der Waals surface area contributed by atoms with Crippen molar-refractivity contribution in [2.75, 3.05) is 0 Å². The van der Waals surface area contributed by atoms with Gasteiger partial charge in [-0.25, -0.2) is 9.97 Å². The Morgan fingerprint density at radius 2 is 1.67 bits per heavy atom. The molecule has 1 aromatic heterocycles. The van der Waals surface area contributed by atoms with Gasteiger partial charge in [0.05, 0.1) is 5.92 Å². The van der Waals surface area contributed by atoms with Gasteiger partial charge in [-0.15, -0.1) is 0 Å². The molecule has 0 aliphatic rings. The lowest BCUT2D eigenvalue weighted by atomic mass is 9.91. The number of rotatable bonds is 3. The van der Waals surface area contributed by atoms with Gasteiger partial charge in [-0.1, -0.05) is 20.8 Å². The standard InChI is InChI=1S/C14H22N2O2/c1-8(13(17)18)12-9(2)15-11(16-10(12)3)7-14(4,5)6/h8H,7H2,1-6H3,(H,17,18). The number of carboxylic acids is 1. The number of aliphatic carboxylic acids is 1. The van der Waals surface area contributed by atoms with Crippen molar-refractivity contribution in [3.05, 3.63) is 22.8 Å². The van der Waals surface area contributed by atoms with Gasteiger partial charge in [-0.2, -0.15) is 0 Å². The van der Waals surface area contributed by atoms with Crippen LogP contribution < -0.4 is 0 Å². The number of hydrogen-bond acceptors (Lipinski definition) is 3. The van der Waals surface area contributed by atoms with Gasteiger partial charge in [0.25, 0.3) is 0 Å². The van der Waals surface area contributed by atoms with Crippen molar-refractivity contribution in [1.29, 1.82) is 0 Å². The van der Waals surface area contributed by atoms with Crippen molar-refractivity contribution in [2.24, 2.45) is 5.41 Å². The minimum atomic E-state index is -0.839. The Kier molecular flexibility index (Phi) is 4.09. The molecule has 0 aromatic carbocycles. The Labute approximate surface area is 108 Å². The van der Waals surface area contributed by atoms with Crippen LogP contribution in [-0.2, 0) is 11.2 Å². The van der Waals surface area contributed by atoms with E-state index in [1.165, 1.54) is 0 Å². The van der Waals surface area contributed by atoms with Crippen molar-refractivity contribution in [3.63, 3.8) is 0 Å². The van der Waals surface area contributed by atoms with E-state index in [0.717, 1.165) is 29.2 Å². The zero-order chi connectivity index (χ0) is 14.1. The molecule has 0 aliphatic carbocycles. The van der Waals surface area contributed by atoms with Crippen LogP contribution in [0.5, 0.6) is 0 Å². The van der Waals surface area contributed by atoms with Crippen LogP contribution in [0.4, 0.5) is 0 Å². The molecule has 0 radical (unpaired) electrons. The summed E-state index contributed by atoms with van der Waals surface area (Å²) in [5.74, 6) is -0.610. The van der Waals surface area contributed by atoms with Gasteiger partial charge < -0.3 is 5.11 Å². The first-order valence-corrected chi connectivity index (χ1v) is 6.18. The minimum Gasteiger partial charge on any atom is -0.481 e. The molecule has 1 atom stereocenters. The monoisotopic (exact) mass is 250 g/mol. The third kappa shape index (κ3) is 3.52. The average molecular weight is 250 g/mol. The summed E-state index contributed by atoms with van der Waals surface area (Å²) in [6.07, 6.45) is 0.788. The number of carbonyl (C=O) groups is 1. The molecule has 0 saturated heterocycles. The van der Waals surface area contributed by atoms with Gasteiger partial charge in [-0.3, -0.25) is 4.79 Å². The van der Waals surface area contributed by atoms with Crippen molar-refractivity contribution < 1.29 is 9.90 Å². The summed E-state index contributed by atoms with van der Waals surface area (Å²) in [5, 5.41) is 9.08. The van der Waals surface area contributed by atoms with Crippen LogP contribution in [0.15, 0.2) is 0 Å². The summed E-state index contributed by atoms with van der Waals surface area (Å²) in [7, 11) is 0.